The van der Waals surface area contributed by atoms with Gasteiger partial charge in [-0.25, -0.2) is 9.67 Å². The zero-order valence-electron chi connectivity index (χ0n) is 16.8. The molecule has 2 aromatic carbocycles. The minimum atomic E-state index is -0.167. The second kappa shape index (κ2) is 7.35. The predicted octanol–water partition coefficient (Wildman–Crippen LogP) is 4.91. The Kier molecular flexibility index (Phi) is 4.35. The number of fused-ring (bicyclic) bond motifs is 2. The van der Waals surface area contributed by atoms with Crippen molar-refractivity contribution < 1.29 is 4.42 Å². The maximum Gasteiger partial charge on any atom is 0.294 e. The molecule has 1 aliphatic rings. The smallest absolute Gasteiger partial charge is 0.294 e. The Morgan fingerprint density at radius 3 is 2.68 bits per heavy atom. The molecule has 0 amide bonds. The normalized spacial score (nSPS) is 14.1. The second-order valence-corrected chi connectivity index (χ2v) is 8.77. The summed E-state index contributed by atoms with van der Waals surface area (Å²) in [5.41, 5.74) is 2.02. The van der Waals surface area contributed by atoms with Crippen LogP contribution in [0.5, 0.6) is 0 Å². The van der Waals surface area contributed by atoms with Gasteiger partial charge in [-0.2, -0.15) is 5.10 Å². The lowest BCUT2D eigenvalue weighted by Gasteiger charge is -2.11. The van der Waals surface area contributed by atoms with Crippen molar-refractivity contribution in [3.05, 3.63) is 76.8 Å². The molecule has 1 fully saturated rings. The first-order valence-corrected chi connectivity index (χ1v) is 11.3. The number of aromatic nitrogens is 3. The molecule has 1 saturated heterocycles. The van der Waals surface area contributed by atoms with Gasteiger partial charge < -0.3 is 9.32 Å². The molecule has 0 radical (unpaired) electrons. The van der Waals surface area contributed by atoms with E-state index in [1.165, 1.54) is 16.0 Å². The third kappa shape index (κ3) is 3.13. The fourth-order valence-electron chi connectivity index (χ4n) is 4.27. The summed E-state index contributed by atoms with van der Waals surface area (Å²) < 4.78 is 7.98. The van der Waals surface area contributed by atoms with E-state index in [1.54, 1.807) is 6.26 Å². The molecule has 4 heterocycles. The molecule has 0 atom stereocenters. The van der Waals surface area contributed by atoms with Crippen LogP contribution in [-0.4, -0.2) is 27.9 Å². The summed E-state index contributed by atoms with van der Waals surface area (Å²) in [7, 11) is 0. The molecule has 7 heteroatoms. The van der Waals surface area contributed by atoms with Gasteiger partial charge >= 0.3 is 0 Å². The molecule has 154 valence electrons. The van der Waals surface area contributed by atoms with Gasteiger partial charge in [0.25, 0.3) is 5.56 Å². The van der Waals surface area contributed by atoms with Crippen molar-refractivity contribution in [2.24, 2.45) is 0 Å². The second-order valence-electron chi connectivity index (χ2n) is 7.80. The quantitative estimate of drug-likeness (QED) is 0.407. The molecule has 0 saturated carbocycles. The molecule has 6 nitrogen and oxygen atoms in total. The highest BCUT2D eigenvalue weighted by atomic mass is 32.1. The van der Waals surface area contributed by atoms with E-state index < -0.39 is 0 Å². The molecule has 1 aliphatic heterocycles. The molecule has 0 aliphatic carbocycles. The molecular weight excluding hydrogens is 408 g/mol. The van der Waals surface area contributed by atoms with Crippen LogP contribution in [0.15, 0.2) is 70.1 Å². The maximum atomic E-state index is 13.4. The number of anilines is 1. The number of hydrogen-bond acceptors (Lipinski definition) is 6. The number of thiazole rings is 1. The molecule has 5 aromatic rings. The third-order valence-corrected chi connectivity index (χ3v) is 6.94. The Labute approximate surface area is 182 Å². The molecule has 3 aromatic heterocycles. The van der Waals surface area contributed by atoms with Gasteiger partial charge in [0, 0.05) is 13.1 Å². The van der Waals surface area contributed by atoms with Crippen LogP contribution < -0.4 is 10.5 Å². The summed E-state index contributed by atoms with van der Waals surface area (Å²) in [5, 5.41) is 7.90. The Hall–Kier alpha value is -3.45. The first-order chi connectivity index (χ1) is 15.3. The van der Waals surface area contributed by atoms with E-state index >= 15 is 0 Å². The SMILES string of the molecule is O=c1c2nc(N3CCCC3)sc2c(-c2ccco2)nn1Cc1cccc2ccccc12. The van der Waals surface area contributed by atoms with E-state index in [0.29, 0.717) is 23.5 Å². The van der Waals surface area contributed by atoms with E-state index in [-0.39, 0.29) is 5.56 Å². The lowest BCUT2D eigenvalue weighted by atomic mass is 10.0. The molecule has 0 N–H and O–H groups in total. The Balaban J connectivity index is 1.54. The largest absolute Gasteiger partial charge is 0.463 e. The number of furan rings is 1. The Bertz CT molecular complexity index is 1440. The van der Waals surface area contributed by atoms with Crippen LogP contribution in [0.4, 0.5) is 5.13 Å². The van der Waals surface area contributed by atoms with Crippen LogP contribution >= 0.6 is 11.3 Å². The van der Waals surface area contributed by atoms with Gasteiger partial charge in [-0.15, -0.1) is 0 Å². The van der Waals surface area contributed by atoms with Crippen molar-refractivity contribution in [3.63, 3.8) is 0 Å². The van der Waals surface area contributed by atoms with Crippen LogP contribution in [0.1, 0.15) is 18.4 Å². The van der Waals surface area contributed by atoms with Crippen molar-refractivity contribution in [3.8, 4) is 11.5 Å². The fraction of sp³-hybridized carbons (Fsp3) is 0.208. The maximum absolute atomic E-state index is 13.4. The summed E-state index contributed by atoms with van der Waals surface area (Å²) in [5.74, 6) is 0.647. The van der Waals surface area contributed by atoms with E-state index in [9.17, 15) is 4.79 Å². The lowest BCUT2D eigenvalue weighted by molar-refractivity contribution is 0.572. The number of rotatable bonds is 4. The zero-order valence-corrected chi connectivity index (χ0v) is 17.6. The van der Waals surface area contributed by atoms with E-state index in [4.69, 9.17) is 14.5 Å². The number of nitrogens with zero attached hydrogens (tertiary/aromatic N) is 4. The predicted molar refractivity (Wildman–Crippen MR) is 124 cm³/mol. The highest BCUT2D eigenvalue weighted by Gasteiger charge is 2.23. The van der Waals surface area contributed by atoms with E-state index in [1.807, 2.05) is 36.4 Å². The van der Waals surface area contributed by atoms with Crippen LogP contribution in [0, 0.1) is 0 Å². The summed E-state index contributed by atoms with van der Waals surface area (Å²) >= 11 is 1.53. The molecule has 31 heavy (non-hydrogen) atoms. The summed E-state index contributed by atoms with van der Waals surface area (Å²) in [4.78, 5) is 20.4. The topological polar surface area (TPSA) is 64.2 Å². The van der Waals surface area contributed by atoms with Crippen molar-refractivity contribution in [2.45, 2.75) is 19.4 Å². The fourth-order valence-corrected chi connectivity index (χ4v) is 5.36. The lowest BCUT2D eigenvalue weighted by Crippen LogP contribution is -2.24. The van der Waals surface area contributed by atoms with Gasteiger partial charge in [-0.3, -0.25) is 4.79 Å². The molecule has 0 spiro atoms. The first kappa shape index (κ1) is 18.3. The van der Waals surface area contributed by atoms with Gasteiger partial charge in [-0.05, 0) is 41.3 Å². The molecule has 0 bridgehead atoms. The summed E-state index contributed by atoms with van der Waals surface area (Å²) in [6.07, 6.45) is 3.94. The summed E-state index contributed by atoms with van der Waals surface area (Å²) in [6, 6.07) is 18.1. The number of benzene rings is 2. The average Bonchev–Trinajstić information content (AvgIpc) is 3.57. The van der Waals surface area contributed by atoms with Crippen molar-refractivity contribution >= 4 is 37.5 Å². The molecule has 0 unspecified atom stereocenters. The monoisotopic (exact) mass is 428 g/mol. The van der Waals surface area contributed by atoms with E-state index in [0.717, 1.165) is 52.1 Å². The first-order valence-electron chi connectivity index (χ1n) is 10.4. The Morgan fingerprint density at radius 1 is 1.00 bits per heavy atom. The van der Waals surface area contributed by atoms with Gasteiger partial charge in [0.05, 0.1) is 17.5 Å². The highest BCUT2D eigenvalue weighted by Crippen LogP contribution is 2.35. The highest BCUT2D eigenvalue weighted by molar-refractivity contribution is 7.22. The van der Waals surface area contributed by atoms with Crippen LogP contribution in [-0.2, 0) is 6.54 Å². The van der Waals surface area contributed by atoms with Crippen LogP contribution in [0.2, 0.25) is 0 Å². The van der Waals surface area contributed by atoms with Crippen LogP contribution in [0.3, 0.4) is 0 Å². The molecule has 6 rings (SSSR count). The van der Waals surface area contributed by atoms with Crippen LogP contribution in [0.25, 0.3) is 32.4 Å². The molecular formula is C24H20N4O2S. The summed E-state index contributed by atoms with van der Waals surface area (Å²) in [6.45, 7) is 2.33. The van der Waals surface area contributed by atoms with E-state index in [2.05, 4.69) is 23.1 Å². The zero-order chi connectivity index (χ0) is 20.8. The van der Waals surface area contributed by atoms with Crippen molar-refractivity contribution in [1.29, 1.82) is 0 Å². The average molecular weight is 429 g/mol. The van der Waals surface area contributed by atoms with Crippen molar-refractivity contribution in [2.75, 3.05) is 18.0 Å². The minimum Gasteiger partial charge on any atom is -0.463 e. The van der Waals surface area contributed by atoms with Gasteiger partial charge in [0.2, 0.25) is 0 Å². The number of hydrogen-bond donors (Lipinski definition) is 0. The van der Waals surface area contributed by atoms with Crippen molar-refractivity contribution in [1.82, 2.24) is 14.8 Å². The van der Waals surface area contributed by atoms with Gasteiger partial charge in [0.15, 0.2) is 16.4 Å². The van der Waals surface area contributed by atoms with Gasteiger partial charge in [-0.1, -0.05) is 53.8 Å². The van der Waals surface area contributed by atoms with Gasteiger partial charge in [0.1, 0.15) is 5.69 Å². The standard InChI is InChI=1S/C24H20N4O2S/c29-23-21-22(31-24(25-21)27-12-3-4-13-27)20(19-11-6-14-30-19)26-28(23)15-17-9-5-8-16-7-1-2-10-18(16)17/h1-2,5-11,14H,3-4,12-13,15H2. The minimum absolute atomic E-state index is 0.167. The third-order valence-electron chi connectivity index (χ3n) is 5.82. The Morgan fingerprint density at radius 2 is 1.84 bits per heavy atom.